The van der Waals surface area contributed by atoms with Crippen molar-refractivity contribution in [2.45, 2.75) is 50.4 Å². The molecule has 0 saturated carbocycles. The van der Waals surface area contributed by atoms with E-state index >= 15 is 0 Å². The Morgan fingerprint density at radius 2 is 1.94 bits per heavy atom. The second-order valence-electron chi connectivity index (χ2n) is 9.15. The zero-order chi connectivity index (χ0) is 25.3. The summed E-state index contributed by atoms with van der Waals surface area (Å²) in [5.74, 6) is 0.0676. The van der Waals surface area contributed by atoms with Crippen LogP contribution in [0.1, 0.15) is 36.0 Å². The summed E-state index contributed by atoms with van der Waals surface area (Å²) >= 11 is 0. The van der Waals surface area contributed by atoms with Gasteiger partial charge in [-0.2, -0.15) is 13.2 Å². The summed E-state index contributed by atoms with van der Waals surface area (Å²) < 4.78 is 40.3. The van der Waals surface area contributed by atoms with Gasteiger partial charge in [0.15, 0.2) is 0 Å². The van der Waals surface area contributed by atoms with Crippen LogP contribution in [0.2, 0.25) is 0 Å². The van der Waals surface area contributed by atoms with E-state index in [2.05, 4.69) is 25.9 Å². The van der Waals surface area contributed by atoms with Crippen molar-refractivity contribution in [3.05, 3.63) is 65.5 Å². The van der Waals surface area contributed by atoms with Crippen LogP contribution < -0.4 is 16.0 Å². The first-order chi connectivity index (χ1) is 17.3. The standard InChI is InChI=1S/C26H26F3N5O2/c27-26(28,29)16-7-9-18(23(11-16)34-25(36)21-5-2-10-30-21)22-13-24(32-14-31-22)33-20-4-1-3-15-6-8-17(35)12-19(15)20/h1,3-4,7,9,11,13-14,17,21,30,35H,2,5-6,8,10,12H2,(H,34,36)(H,31,32,33). The third-order valence-corrected chi connectivity index (χ3v) is 6.65. The number of carbonyl (C=O) groups excluding carboxylic acids is 1. The fraction of sp³-hybridized carbons (Fsp3) is 0.346. The molecule has 10 heteroatoms. The van der Waals surface area contributed by atoms with Gasteiger partial charge in [-0.15, -0.1) is 0 Å². The molecule has 5 rings (SSSR count). The minimum absolute atomic E-state index is 0.0355. The number of benzene rings is 2. The summed E-state index contributed by atoms with van der Waals surface area (Å²) in [6.07, 6.45) is -0.164. The summed E-state index contributed by atoms with van der Waals surface area (Å²) in [4.78, 5) is 21.3. The number of aliphatic hydroxyl groups is 1. The van der Waals surface area contributed by atoms with Gasteiger partial charge in [-0.05, 0) is 61.6 Å². The maximum atomic E-state index is 13.4. The average Bonchev–Trinajstić information content (AvgIpc) is 3.39. The van der Waals surface area contributed by atoms with Crippen LogP contribution >= 0.6 is 0 Å². The first kappa shape index (κ1) is 24.2. The van der Waals surface area contributed by atoms with E-state index in [-0.39, 0.29) is 11.6 Å². The zero-order valence-corrected chi connectivity index (χ0v) is 19.4. The molecule has 0 bridgehead atoms. The number of nitrogens with zero attached hydrogens (tertiary/aromatic N) is 2. The molecule has 2 unspecified atom stereocenters. The van der Waals surface area contributed by atoms with Crippen LogP contribution in [0.3, 0.4) is 0 Å². The third-order valence-electron chi connectivity index (χ3n) is 6.65. The van der Waals surface area contributed by atoms with E-state index in [1.807, 2.05) is 18.2 Å². The number of aromatic nitrogens is 2. The second-order valence-corrected chi connectivity index (χ2v) is 9.15. The summed E-state index contributed by atoms with van der Waals surface area (Å²) in [6, 6.07) is 10.3. The van der Waals surface area contributed by atoms with E-state index in [9.17, 15) is 23.1 Å². The Morgan fingerprint density at radius 3 is 2.72 bits per heavy atom. The fourth-order valence-corrected chi connectivity index (χ4v) is 4.77. The molecule has 1 aromatic heterocycles. The quantitative estimate of drug-likeness (QED) is 0.416. The van der Waals surface area contributed by atoms with E-state index in [1.54, 1.807) is 6.07 Å². The topological polar surface area (TPSA) is 99.2 Å². The van der Waals surface area contributed by atoms with E-state index < -0.39 is 23.9 Å². The van der Waals surface area contributed by atoms with Gasteiger partial charge < -0.3 is 21.1 Å². The lowest BCUT2D eigenvalue weighted by atomic mass is 9.88. The van der Waals surface area contributed by atoms with Crippen LogP contribution in [-0.4, -0.2) is 39.7 Å². The smallest absolute Gasteiger partial charge is 0.393 e. The predicted molar refractivity (Wildman–Crippen MR) is 130 cm³/mol. The highest BCUT2D eigenvalue weighted by Gasteiger charge is 2.32. The number of alkyl halides is 3. The number of aliphatic hydroxyl groups excluding tert-OH is 1. The largest absolute Gasteiger partial charge is 0.416 e. The first-order valence-electron chi connectivity index (χ1n) is 11.9. The molecule has 1 aliphatic carbocycles. The number of carbonyl (C=O) groups is 1. The Balaban J connectivity index is 1.47. The third kappa shape index (κ3) is 5.19. The van der Waals surface area contributed by atoms with Gasteiger partial charge in [0.1, 0.15) is 12.1 Å². The van der Waals surface area contributed by atoms with Crippen molar-refractivity contribution in [2.24, 2.45) is 0 Å². The Labute approximate surface area is 206 Å². The van der Waals surface area contributed by atoms with Gasteiger partial charge in [0, 0.05) is 23.7 Å². The van der Waals surface area contributed by atoms with Crippen LogP contribution in [-0.2, 0) is 23.8 Å². The number of hydrogen-bond donors (Lipinski definition) is 4. The SMILES string of the molecule is O=C(Nc1cc(C(F)(F)F)ccc1-c1cc(Nc2cccc3c2CC(O)CC3)ncn1)C1CCCN1. The lowest BCUT2D eigenvalue weighted by Gasteiger charge is -2.23. The Hall–Kier alpha value is -3.50. The molecule has 2 heterocycles. The molecule has 2 aromatic carbocycles. The minimum Gasteiger partial charge on any atom is -0.393 e. The van der Waals surface area contributed by atoms with Crippen molar-refractivity contribution in [1.82, 2.24) is 15.3 Å². The zero-order valence-electron chi connectivity index (χ0n) is 19.4. The Kier molecular flexibility index (Phi) is 6.63. The number of hydrogen-bond acceptors (Lipinski definition) is 6. The van der Waals surface area contributed by atoms with Crippen molar-refractivity contribution in [2.75, 3.05) is 17.2 Å². The lowest BCUT2D eigenvalue weighted by molar-refractivity contribution is -0.137. The van der Waals surface area contributed by atoms with Gasteiger partial charge >= 0.3 is 6.18 Å². The van der Waals surface area contributed by atoms with E-state index in [0.717, 1.165) is 41.8 Å². The van der Waals surface area contributed by atoms with Crippen LogP contribution in [0, 0.1) is 0 Å². The predicted octanol–water partition coefficient (Wildman–Crippen LogP) is 4.45. The number of halogens is 3. The maximum Gasteiger partial charge on any atom is 0.416 e. The molecule has 3 aromatic rings. The van der Waals surface area contributed by atoms with Gasteiger partial charge in [0.2, 0.25) is 5.91 Å². The van der Waals surface area contributed by atoms with Crippen LogP contribution in [0.5, 0.6) is 0 Å². The molecule has 36 heavy (non-hydrogen) atoms. The summed E-state index contributed by atoms with van der Waals surface area (Å²) in [7, 11) is 0. The monoisotopic (exact) mass is 497 g/mol. The molecular weight excluding hydrogens is 471 g/mol. The Bertz CT molecular complexity index is 1270. The molecule has 4 N–H and O–H groups in total. The molecule has 7 nitrogen and oxygen atoms in total. The number of nitrogens with one attached hydrogen (secondary N) is 3. The molecular formula is C26H26F3N5O2. The van der Waals surface area contributed by atoms with Gasteiger partial charge in [0.05, 0.1) is 29.1 Å². The minimum atomic E-state index is -4.56. The lowest BCUT2D eigenvalue weighted by Crippen LogP contribution is -2.35. The highest BCUT2D eigenvalue weighted by atomic mass is 19.4. The number of fused-ring (bicyclic) bond motifs is 1. The van der Waals surface area contributed by atoms with E-state index in [4.69, 9.17) is 0 Å². The average molecular weight is 498 g/mol. The molecule has 1 aliphatic heterocycles. The van der Waals surface area contributed by atoms with E-state index in [1.165, 1.54) is 12.4 Å². The summed E-state index contributed by atoms with van der Waals surface area (Å²) in [5, 5.41) is 19.1. The maximum absolute atomic E-state index is 13.4. The fourth-order valence-electron chi connectivity index (χ4n) is 4.77. The van der Waals surface area contributed by atoms with Gasteiger partial charge in [-0.1, -0.05) is 18.2 Å². The van der Waals surface area contributed by atoms with Crippen molar-refractivity contribution in [3.63, 3.8) is 0 Å². The van der Waals surface area contributed by atoms with Crippen LogP contribution in [0.4, 0.5) is 30.4 Å². The highest BCUT2D eigenvalue weighted by molar-refractivity contribution is 5.98. The number of rotatable bonds is 5. The molecule has 1 amide bonds. The molecule has 0 spiro atoms. The van der Waals surface area contributed by atoms with Crippen molar-refractivity contribution >= 4 is 23.1 Å². The molecule has 1 fully saturated rings. The molecule has 1 saturated heterocycles. The van der Waals surface area contributed by atoms with Crippen LogP contribution in [0.25, 0.3) is 11.3 Å². The number of amides is 1. The first-order valence-corrected chi connectivity index (χ1v) is 11.9. The van der Waals surface area contributed by atoms with Gasteiger partial charge in [-0.3, -0.25) is 4.79 Å². The number of aryl methyl sites for hydroxylation is 1. The van der Waals surface area contributed by atoms with Crippen molar-refractivity contribution in [1.29, 1.82) is 0 Å². The van der Waals surface area contributed by atoms with Gasteiger partial charge in [0.25, 0.3) is 0 Å². The van der Waals surface area contributed by atoms with Gasteiger partial charge in [-0.25, -0.2) is 9.97 Å². The Morgan fingerprint density at radius 1 is 1.08 bits per heavy atom. The highest BCUT2D eigenvalue weighted by Crippen LogP contribution is 2.36. The summed E-state index contributed by atoms with van der Waals surface area (Å²) in [5.41, 5.74) is 2.88. The molecule has 2 aliphatic rings. The normalized spacial score (nSPS) is 19.6. The van der Waals surface area contributed by atoms with Crippen molar-refractivity contribution in [3.8, 4) is 11.3 Å². The second kappa shape index (κ2) is 9.87. The summed E-state index contributed by atoms with van der Waals surface area (Å²) in [6.45, 7) is 0.689. The number of anilines is 3. The van der Waals surface area contributed by atoms with Crippen molar-refractivity contribution < 1.29 is 23.1 Å². The van der Waals surface area contributed by atoms with Crippen LogP contribution in [0.15, 0.2) is 48.8 Å². The molecule has 0 radical (unpaired) electrons. The molecule has 188 valence electrons. The van der Waals surface area contributed by atoms with E-state index in [0.29, 0.717) is 42.9 Å². The molecule has 2 atom stereocenters.